The number of anilines is 1. The number of fused-ring (bicyclic) bond motifs is 1. The Morgan fingerprint density at radius 2 is 1.97 bits per heavy atom. The second-order valence-corrected chi connectivity index (χ2v) is 7.49. The van der Waals surface area contributed by atoms with Gasteiger partial charge in [-0.1, -0.05) is 36.7 Å². The third kappa shape index (κ3) is 4.00. The third-order valence-electron chi connectivity index (χ3n) is 5.35. The fraction of sp³-hybridized carbons (Fsp3) is 0.409. The van der Waals surface area contributed by atoms with Gasteiger partial charge in [0.25, 0.3) is 0 Å². The van der Waals surface area contributed by atoms with E-state index in [2.05, 4.69) is 4.99 Å². The zero-order valence-corrected chi connectivity index (χ0v) is 17.9. The molecule has 0 amide bonds. The molecule has 2 heterocycles. The highest BCUT2D eigenvalue weighted by Gasteiger charge is 2.41. The predicted molar refractivity (Wildman–Crippen MR) is 115 cm³/mol. The standard InChI is InChI=1S/C22H26ClN3O3/c1-5-16-12(2)20(24)19-18(14-8-6-7-9-15(14)23)17(13(3)25-21(19)26-16)22(27)29-11-10-28-4/h6-9,17-18H,5,10-11H2,1-4H3,(H2,24,26). The van der Waals surface area contributed by atoms with Gasteiger partial charge >= 0.3 is 5.97 Å². The Kier molecular flexibility index (Phi) is 6.55. The van der Waals surface area contributed by atoms with Crippen molar-refractivity contribution >= 4 is 34.8 Å². The minimum Gasteiger partial charge on any atom is -0.463 e. The molecule has 1 aromatic heterocycles. The number of nitrogen functional groups attached to an aromatic ring is 1. The zero-order valence-electron chi connectivity index (χ0n) is 17.2. The summed E-state index contributed by atoms with van der Waals surface area (Å²) in [6.45, 7) is 6.29. The molecule has 2 aromatic rings. The van der Waals surface area contributed by atoms with Crippen molar-refractivity contribution in [2.24, 2.45) is 10.9 Å². The van der Waals surface area contributed by atoms with Crippen LogP contribution in [0.2, 0.25) is 5.02 Å². The Morgan fingerprint density at radius 1 is 1.24 bits per heavy atom. The number of nitrogens with zero attached hydrogens (tertiary/aromatic N) is 2. The minimum absolute atomic E-state index is 0.169. The van der Waals surface area contributed by atoms with Crippen LogP contribution in [-0.2, 0) is 20.7 Å². The van der Waals surface area contributed by atoms with Crippen molar-refractivity contribution in [3.8, 4) is 0 Å². The molecular formula is C22H26ClN3O3. The maximum Gasteiger partial charge on any atom is 0.315 e. The van der Waals surface area contributed by atoms with Crippen molar-refractivity contribution in [3.63, 3.8) is 0 Å². The normalized spacial score (nSPS) is 18.2. The summed E-state index contributed by atoms with van der Waals surface area (Å²) < 4.78 is 10.5. The number of rotatable bonds is 6. The molecule has 6 nitrogen and oxygen atoms in total. The van der Waals surface area contributed by atoms with Crippen LogP contribution in [0.15, 0.2) is 29.3 Å². The second kappa shape index (κ2) is 8.93. The van der Waals surface area contributed by atoms with Gasteiger partial charge in [0, 0.05) is 40.7 Å². The summed E-state index contributed by atoms with van der Waals surface area (Å²) in [5, 5.41) is 0.560. The van der Waals surface area contributed by atoms with E-state index < -0.39 is 11.8 Å². The molecule has 0 radical (unpaired) electrons. The number of halogens is 1. The van der Waals surface area contributed by atoms with Crippen LogP contribution in [0.3, 0.4) is 0 Å². The summed E-state index contributed by atoms with van der Waals surface area (Å²) in [5.74, 6) is -0.901. The highest BCUT2D eigenvalue weighted by atomic mass is 35.5. The predicted octanol–water partition coefficient (Wildman–Crippen LogP) is 4.23. The van der Waals surface area contributed by atoms with Gasteiger partial charge in [-0.3, -0.25) is 4.79 Å². The van der Waals surface area contributed by atoms with E-state index in [1.807, 2.05) is 45.0 Å². The minimum atomic E-state index is -0.643. The topological polar surface area (TPSA) is 86.8 Å². The molecule has 7 heteroatoms. The number of pyridine rings is 1. The maximum atomic E-state index is 13.0. The quantitative estimate of drug-likeness (QED) is 0.563. The molecule has 0 bridgehead atoms. The molecule has 0 saturated carbocycles. The first kappa shape index (κ1) is 21.3. The van der Waals surface area contributed by atoms with E-state index in [4.69, 9.17) is 31.8 Å². The average Bonchev–Trinajstić information content (AvgIpc) is 2.70. The molecule has 2 N–H and O–H groups in total. The average molecular weight is 416 g/mol. The first-order valence-electron chi connectivity index (χ1n) is 9.64. The largest absolute Gasteiger partial charge is 0.463 e. The number of hydrogen-bond acceptors (Lipinski definition) is 6. The molecule has 1 aliphatic heterocycles. The fourth-order valence-electron chi connectivity index (χ4n) is 3.81. The van der Waals surface area contributed by atoms with Gasteiger partial charge in [0.2, 0.25) is 0 Å². The number of aromatic nitrogens is 1. The van der Waals surface area contributed by atoms with E-state index in [1.165, 1.54) is 0 Å². The van der Waals surface area contributed by atoms with Crippen LogP contribution in [0.1, 0.15) is 42.1 Å². The number of esters is 1. The van der Waals surface area contributed by atoms with E-state index >= 15 is 0 Å². The van der Waals surface area contributed by atoms with Crippen molar-refractivity contribution in [2.45, 2.75) is 33.1 Å². The molecule has 29 heavy (non-hydrogen) atoms. The van der Waals surface area contributed by atoms with Crippen molar-refractivity contribution in [1.82, 2.24) is 4.98 Å². The van der Waals surface area contributed by atoms with E-state index in [0.29, 0.717) is 28.8 Å². The smallest absolute Gasteiger partial charge is 0.315 e. The number of hydrogen-bond donors (Lipinski definition) is 1. The lowest BCUT2D eigenvalue weighted by Crippen LogP contribution is -2.35. The lowest BCUT2D eigenvalue weighted by molar-refractivity contribution is -0.147. The highest BCUT2D eigenvalue weighted by Crippen LogP contribution is 2.47. The summed E-state index contributed by atoms with van der Waals surface area (Å²) in [6, 6.07) is 7.47. The summed E-state index contributed by atoms with van der Waals surface area (Å²) >= 11 is 6.55. The Bertz CT molecular complexity index is 959. The lowest BCUT2D eigenvalue weighted by Gasteiger charge is -2.33. The van der Waals surface area contributed by atoms with Crippen molar-refractivity contribution < 1.29 is 14.3 Å². The van der Waals surface area contributed by atoms with Gasteiger partial charge in [-0.15, -0.1) is 0 Å². The summed E-state index contributed by atoms with van der Waals surface area (Å²) in [5.41, 5.74) is 11.1. The fourth-order valence-corrected chi connectivity index (χ4v) is 4.07. The van der Waals surface area contributed by atoms with Crippen LogP contribution in [0.5, 0.6) is 0 Å². The van der Waals surface area contributed by atoms with E-state index in [-0.39, 0.29) is 12.6 Å². The molecule has 3 rings (SSSR count). The first-order valence-corrected chi connectivity index (χ1v) is 10.0. The number of aliphatic imine (C=N–C) groups is 1. The van der Waals surface area contributed by atoms with Crippen LogP contribution < -0.4 is 5.73 Å². The zero-order chi connectivity index (χ0) is 21.1. The van der Waals surface area contributed by atoms with E-state index in [9.17, 15) is 4.79 Å². The van der Waals surface area contributed by atoms with Gasteiger partial charge in [0.1, 0.15) is 12.5 Å². The highest BCUT2D eigenvalue weighted by molar-refractivity contribution is 6.31. The summed E-state index contributed by atoms with van der Waals surface area (Å²) in [4.78, 5) is 22.4. The number of aryl methyl sites for hydroxylation is 1. The lowest BCUT2D eigenvalue weighted by atomic mass is 9.75. The van der Waals surface area contributed by atoms with Gasteiger partial charge in [-0.2, -0.15) is 0 Å². The number of nitrogens with two attached hydrogens (primary N) is 1. The first-order chi connectivity index (χ1) is 13.9. The Morgan fingerprint density at radius 3 is 2.62 bits per heavy atom. The third-order valence-corrected chi connectivity index (χ3v) is 5.69. The molecule has 0 spiro atoms. The molecule has 0 fully saturated rings. The van der Waals surface area contributed by atoms with Crippen LogP contribution in [0.25, 0.3) is 0 Å². The number of benzene rings is 1. The van der Waals surface area contributed by atoms with Gasteiger partial charge in [-0.05, 0) is 37.5 Å². The molecule has 2 unspecified atom stereocenters. The van der Waals surface area contributed by atoms with E-state index in [1.54, 1.807) is 7.11 Å². The van der Waals surface area contributed by atoms with Crippen LogP contribution in [-0.4, -0.2) is 37.0 Å². The van der Waals surface area contributed by atoms with Crippen molar-refractivity contribution in [2.75, 3.05) is 26.1 Å². The van der Waals surface area contributed by atoms with E-state index in [0.717, 1.165) is 28.8 Å². The van der Waals surface area contributed by atoms with Gasteiger partial charge in [-0.25, -0.2) is 9.98 Å². The SMILES string of the molecule is CCc1nc2c(c(N)c1C)C(c1ccccc1Cl)C(C(=O)OCCOC)C(C)=N2. The number of ether oxygens (including phenoxy) is 2. The summed E-state index contributed by atoms with van der Waals surface area (Å²) in [6.07, 6.45) is 0.747. The molecule has 2 atom stereocenters. The molecule has 0 saturated heterocycles. The Labute approximate surface area is 176 Å². The molecule has 1 aliphatic rings. The van der Waals surface area contributed by atoms with Crippen LogP contribution in [0.4, 0.5) is 11.5 Å². The Balaban J connectivity index is 2.20. The molecule has 1 aromatic carbocycles. The second-order valence-electron chi connectivity index (χ2n) is 7.08. The Hall–Kier alpha value is -2.44. The molecule has 0 aliphatic carbocycles. The molecular weight excluding hydrogens is 390 g/mol. The maximum absolute atomic E-state index is 13.0. The number of carbonyl (C=O) groups excluding carboxylic acids is 1. The molecule has 154 valence electrons. The summed E-state index contributed by atoms with van der Waals surface area (Å²) in [7, 11) is 1.56. The monoisotopic (exact) mass is 415 g/mol. The number of methoxy groups -OCH3 is 1. The van der Waals surface area contributed by atoms with Crippen molar-refractivity contribution in [1.29, 1.82) is 0 Å². The number of carbonyl (C=O) groups is 1. The van der Waals surface area contributed by atoms with Gasteiger partial charge in [0.05, 0.1) is 6.61 Å². The van der Waals surface area contributed by atoms with Gasteiger partial charge in [0.15, 0.2) is 5.82 Å². The van der Waals surface area contributed by atoms with Gasteiger partial charge < -0.3 is 15.2 Å². The van der Waals surface area contributed by atoms with Crippen LogP contribution >= 0.6 is 11.6 Å². The van der Waals surface area contributed by atoms with Crippen LogP contribution in [0, 0.1) is 12.8 Å². The van der Waals surface area contributed by atoms with Crippen molar-refractivity contribution in [3.05, 3.63) is 51.7 Å².